The highest BCUT2D eigenvalue weighted by atomic mass is 32.2. The quantitative estimate of drug-likeness (QED) is 0.683. The molecule has 2 amide bonds. The second-order valence-corrected chi connectivity index (χ2v) is 8.17. The Kier molecular flexibility index (Phi) is 6.95. The van der Waals surface area contributed by atoms with Crippen LogP contribution in [0.3, 0.4) is 0 Å². The molecule has 1 aromatic carbocycles. The van der Waals surface area contributed by atoms with E-state index < -0.39 is 10.0 Å². The fourth-order valence-electron chi connectivity index (χ4n) is 2.81. The van der Waals surface area contributed by atoms with Crippen molar-refractivity contribution in [2.24, 2.45) is 5.92 Å². The molecule has 7 nitrogen and oxygen atoms in total. The van der Waals surface area contributed by atoms with Crippen molar-refractivity contribution in [1.82, 2.24) is 14.9 Å². The molecule has 0 spiro atoms. The molecule has 25 heavy (non-hydrogen) atoms. The van der Waals surface area contributed by atoms with Gasteiger partial charge in [0.2, 0.25) is 21.8 Å². The second-order valence-electron chi connectivity index (χ2n) is 6.12. The number of rotatable bonds is 8. The van der Waals surface area contributed by atoms with Crippen LogP contribution in [0.2, 0.25) is 0 Å². The molecule has 0 bridgehead atoms. The Bertz CT molecular complexity index is 691. The molecule has 2 N–H and O–H groups in total. The maximum absolute atomic E-state index is 12.2. The first kappa shape index (κ1) is 19.4. The van der Waals surface area contributed by atoms with Gasteiger partial charge in [0.1, 0.15) is 0 Å². The largest absolute Gasteiger partial charge is 0.355 e. The molecule has 1 saturated heterocycles. The van der Waals surface area contributed by atoms with Gasteiger partial charge in [0.05, 0.1) is 11.7 Å². The predicted molar refractivity (Wildman–Crippen MR) is 95.3 cm³/mol. The number of amides is 2. The van der Waals surface area contributed by atoms with Crippen molar-refractivity contribution in [3.63, 3.8) is 0 Å². The lowest BCUT2D eigenvalue weighted by atomic mass is 9.96. The Morgan fingerprint density at radius 2 is 2.00 bits per heavy atom. The van der Waals surface area contributed by atoms with Crippen LogP contribution in [0.1, 0.15) is 18.4 Å². The molecule has 1 aromatic rings. The van der Waals surface area contributed by atoms with Crippen molar-refractivity contribution in [1.29, 1.82) is 0 Å². The van der Waals surface area contributed by atoms with Crippen LogP contribution in [0.25, 0.3) is 0 Å². The van der Waals surface area contributed by atoms with Gasteiger partial charge in [0.25, 0.3) is 0 Å². The summed E-state index contributed by atoms with van der Waals surface area (Å²) in [5.74, 6) is -0.564. The molecule has 1 aliphatic rings. The summed E-state index contributed by atoms with van der Waals surface area (Å²) < 4.78 is 24.9. The van der Waals surface area contributed by atoms with E-state index in [4.69, 9.17) is 0 Å². The van der Waals surface area contributed by atoms with Crippen LogP contribution in [0.4, 0.5) is 0 Å². The van der Waals surface area contributed by atoms with E-state index in [1.165, 1.54) is 7.05 Å². The highest BCUT2D eigenvalue weighted by Crippen LogP contribution is 2.18. The number of nitrogens with one attached hydrogen (secondary N) is 2. The number of sulfonamides is 1. The second kappa shape index (κ2) is 8.96. The van der Waals surface area contributed by atoms with Gasteiger partial charge in [-0.15, -0.1) is 0 Å². The van der Waals surface area contributed by atoms with Gasteiger partial charge in [-0.05, 0) is 25.5 Å². The summed E-state index contributed by atoms with van der Waals surface area (Å²) in [5, 5.41) is 2.66. The summed E-state index contributed by atoms with van der Waals surface area (Å²) in [6.45, 7) is 1.04. The average Bonchev–Trinajstić information content (AvgIpc) is 2.61. The summed E-state index contributed by atoms with van der Waals surface area (Å²) in [6, 6.07) is 9.90. The van der Waals surface area contributed by atoms with Gasteiger partial charge in [0, 0.05) is 26.1 Å². The Hall–Kier alpha value is -1.93. The zero-order valence-electron chi connectivity index (χ0n) is 14.4. The summed E-state index contributed by atoms with van der Waals surface area (Å²) in [7, 11) is -1.99. The number of hydrogen-bond donors (Lipinski definition) is 2. The molecule has 0 saturated carbocycles. The molecule has 1 fully saturated rings. The van der Waals surface area contributed by atoms with Gasteiger partial charge in [0.15, 0.2) is 0 Å². The van der Waals surface area contributed by atoms with Gasteiger partial charge >= 0.3 is 0 Å². The molecule has 0 radical (unpaired) electrons. The summed E-state index contributed by atoms with van der Waals surface area (Å²) in [5.41, 5.74) is 1.15. The molecule has 0 aromatic heterocycles. The van der Waals surface area contributed by atoms with Crippen LogP contribution < -0.4 is 10.0 Å². The van der Waals surface area contributed by atoms with Gasteiger partial charge < -0.3 is 10.2 Å². The number of benzene rings is 1. The Morgan fingerprint density at radius 1 is 1.28 bits per heavy atom. The van der Waals surface area contributed by atoms with Crippen molar-refractivity contribution < 1.29 is 18.0 Å². The number of hydrogen-bond acceptors (Lipinski definition) is 4. The fourth-order valence-corrected chi connectivity index (χ4v) is 3.38. The molecule has 138 valence electrons. The summed E-state index contributed by atoms with van der Waals surface area (Å²) >= 11 is 0. The van der Waals surface area contributed by atoms with Crippen LogP contribution >= 0.6 is 0 Å². The normalized spacial score (nSPS) is 18.2. The minimum absolute atomic E-state index is 0.0659. The van der Waals surface area contributed by atoms with Crippen LogP contribution in [0.15, 0.2) is 30.3 Å². The third-order valence-electron chi connectivity index (χ3n) is 4.37. The predicted octanol–water partition coefficient (Wildman–Crippen LogP) is 0.133. The number of nitrogens with zero attached hydrogens (tertiary/aromatic N) is 1. The van der Waals surface area contributed by atoms with E-state index in [0.29, 0.717) is 25.9 Å². The summed E-state index contributed by atoms with van der Waals surface area (Å²) in [6.07, 6.45) is 1.61. The Labute approximate surface area is 148 Å². The topological polar surface area (TPSA) is 95.6 Å². The Morgan fingerprint density at radius 3 is 2.68 bits per heavy atom. The van der Waals surface area contributed by atoms with E-state index in [2.05, 4.69) is 10.0 Å². The zero-order chi connectivity index (χ0) is 18.3. The lowest BCUT2D eigenvalue weighted by molar-refractivity contribution is -0.138. The van der Waals surface area contributed by atoms with Crippen molar-refractivity contribution in [2.45, 2.75) is 19.3 Å². The maximum atomic E-state index is 12.2. The first-order valence-corrected chi connectivity index (χ1v) is 10.1. The molecular weight excluding hydrogens is 342 g/mol. The third kappa shape index (κ3) is 6.13. The number of likely N-dealkylation sites (tertiary alicyclic amines) is 1. The number of piperidine rings is 1. The van der Waals surface area contributed by atoms with Gasteiger partial charge in [-0.2, -0.15) is 0 Å². The molecule has 1 atom stereocenters. The molecule has 2 rings (SSSR count). The van der Waals surface area contributed by atoms with Crippen LogP contribution in [-0.2, 0) is 26.0 Å². The standard InChI is InChI=1S/C17H25N3O4S/c1-18-25(23,24)12-10-19-17(22)15-7-8-16(21)20(13-15)11-9-14-5-3-2-4-6-14/h2-6,15,18H,7-13H2,1H3,(H,19,22)/t15-/m1/s1. The van der Waals surface area contributed by atoms with E-state index in [1.807, 2.05) is 30.3 Å². The van der Waals surface area contributed by atoms with Gasteiger partial charge in [-0.3, -0.25) is 9.59 Å². The van der Waals surface area contributed by atoms with E-state index in [9.17, 15) is 18.0 Å². The highest BCUT2D eigenvalue weighted by Gasteiger charge is 2.29. The van der Waals surface area contributed by atoms with Gasteiger partial charge in [-0.25, -0.2) is 13.1 Å². The van der Waals surface area contributed by atoms with E-state index in [0.717, 1.165) is 12.0 Å². The minimum Gasteiger partial charge on any atom is -0.355 e. The third-order valence-corrected chi connectivity index (χ3v) is 5.73. The van der Waals surface area contributed by atoms with Crippen LogP contribution in [0.5, 0.6) is 0 Å². The smallest absolute Gasteiger partial charge is 0.224 e. The molecule has 0 aliphatic carbocycles. The molecular formula is C17H25N3O4S. The number of carbonyl (C=O) groups excluding carboxylic acids is 2. The fraction of sp³-hybridized carbons (Fsp3) is 0.529. The lowest BCUT2D eigenvalue weighted by Crippen LogP contribution is -2.47. The van der Waals surface area contributed by atoms with Crippen molar-refractivity contribution in [2.75, 3.05) is 32.4 Å². The first-order chi connectivity index (χ1) is 11.9. The molecule has 1 aliphatic heterocycles. The van der Waals surface area contributed by atoms with E-state index in [-0.39, 0.29) is 30.0 Å². The zero-order valence-corrected chi connectivity index (χ0v) is 15.2. The van der Waals surface area contributed by atoms with E-state index >= 15 is 0 Å². The van der Waals surface area contributed by atoms with Gasteiger partial charge in [-0.1, -0.05) is 30.3 Å². The Balaban J connectivity index is 1.82. The van der Waals surface area contributed by atoms with Crippen molar-refractivity contribution in [3.8, 4) is 0 Å². The average molecular weight is 367 g/mol. The number of carbonyl (C=O) groups is 2. The van der Waals surface area contributed by atoms with Crippen LogP contribution in [-0.4, -0.2) is 57.6 Å². The molecule has 1 heterocycles. The first-order valence-electron chi connectivity index (χ1n) is 8.42. The maximum Gasteiger partial charge on any atom is 0.224 e. The van der Waals surface area contributed by atoms with Crippen LogP contribution in [0, 0.1) is 5.92 Å². The highest BCUT2D eigenvalue weighted by molar-refractivity contribution is 7.89. The van der Waals surface area contributed by atoms with Crippen molar-refractivity contribution >= 4 is 21.8 Å². The monoisotopic (exact) mass is 367 g/mol. The minimum atomic E-state index is -3.33. The summed E-state index contributed by atoms with van der Waals surface area (Å²) in [4.78, 5) is 26.0. The molecule has 8 heteroatoms. The SMILES string of the molecule is CNS(=O)(=O)CCNC(=O)[C@@H]1CCC(=O)N(CCc2ccccc2)C1. The lowest BCUT2D eigenvalue weighted by Gasteiger charge is -2.32. The van der Waals surface area contributed by atoms with Crippen molar-refractivity contribution in [3.05, 3.63) is 35.9 Å². The molecule has 0 unspecified atom stereocenters. The van der Waals surface area contributed by atoms with E-state index in [1.54, 1.807) is 4.90 Å².